The zero-order valence-electron chi connectivity index (χ0n) is 21.4. The first-order chi connectivity index (χ1) is 16.9. The van der Waals surface area contributed by atoms with Crippen LogP contribution < -0.4 is 5.32 Å². The molecule has 7 heteroatoms. The first-order valence-electron chi connectivity index (χ1n) is 13.2. The van der Waals surface area contributed by atoms with Crippen molar-refractivity contribution in [1.82, 2.24) is 20.1 Å². The largest absolute Gasteiger partial charge is 0.361 e. The number of Topliss-reactive ketones (excluding diaryl/α,β-unsaturated/α-hetero) is 1. The number of carbonyl (C=O) groups excluding carboxylic acids is 3. The Bertz CT molecular complexity index is 1060. The van der Waals surface area contributed by atoms with Crippen LogP contribution in [0.1, 0.15) is 69.4 Å². The number of hydrogen-bond acceptors (Lipinski definition) is 4. The first kappa shape index (κ1) is 25.4. The fourth-order valence-corrected chi connectivity index (χ4v) is 6.24. The molecule has 1 fully saturated rings. The van der Waals surface area contributed by atoms with Gasteiger partial charge in [-0.1, -0.05) is 25.0 Å². The van der Waals surface area contributed by atoms with Gasteiger partial charge >= 0.3 is 6.03 Å². The normalized spacial score (nSPS) is 21.8. The molecule has 1 aromatic carbocycles. The highest BCUT2D eigenvalue weighted by Gasteiger charge is 2.37. The molecule has 0 saturated heterocycles. The van der Waals surface area contributed by atoms with E-state index in [1.165, 1.54) is 33.4 Å². The zero-order valence-corrected chi connectivity index (χ0v) is 21.4. The van der Waals surface area contributed by atoms with E-state index in [1.54, 1.807) is 6.92 Å². The molecule has 2 aliphatic carbocycles. The molecule has 1 aromatic heterocycles. The maximum Gasteiger partial charge on any atom is 0.324 e. The molecule has 0 radical (unpaired) electrons. The molecule has 2 aromatic rings. The molecular weight excluding hydrogens is 440 g/mol. The maximum absolute atomic E-state index is 13.8. The molecular formula is C28H40N4O3. The van der Waals surface area contributed by atoms with Crippen molar-refractivity contribution in [3.8, 4) is 0 Å². The second kappa shape index (κ2) is 11.4. The highest BCUT2D eigenvalue weighted by molar-refractivity contribution is 5.95. The second-order valence-electron chi connectivity index (χ2n) is 10.5. The van der Waals surface area contributed by atoms with E-state index < -0.39 is 0 Å². The van der Waals surface area contributed by atoms with E-state index in [2.05, 4.69) is 34.7 Å². The Morgan fingerprint density at radius 3 is 2.71 bits per heavy atom. The molecule has 1 heterocycles. The second-order valence-corrected chi connectivity index (χ2v) is 10.5. The van der Waals surface area contributed by atoms with Crippen molar-refractivity contribution in [2.75, 3.05) is 33.2 Å². The number of rotatable bonds is 8. The number of nitrogens with one attached hydrogen (secondary N) is 2. The Labute approximate surface area is 208 Å². The van der Waals surface area contributed by atoms with Crippen molar-refractivity contribution in [2.24, 2.45) is 11.8 Å². The summed E-state index contributed by atoms with van der Waals surface area (Å²) in [5.41, 5.74) is 3.95. The monoisotopic (exact) mass is 480 g/mol. The minimum absolute atomic E-state index is 0.0436. The van der Waals surface area contributed by atoms with E-state index in [9.17, 15) is 14.4 Å². The van der Waals surface area contributed by atoms with Crippen LogP contribution in [0.4, 0.5) is 4.79 Å². The van der Waals surface area contributed by atoms with Gasteiger partial charge in [0.05, 0.1) is 6.54 Å². The lowest BCUT2D eigenvalue weighted by atomic mass is 9.68. The molecule has 2 aliphatic rings. The van der Waals surface area contributed by atoms with Gasteiger partial charge in [0, 0.05) is 36.1 Å². The third kappa shape index (κ3) is 5.77. The molecule has 0 aliphatic heterocycles. The molecule has 190 valence electrons. The number of fused-ring (bicyclic) bond motifs is 2. The van der Waals surface area contributed by atoms with E-state index >= 15 is 0 Å². The summed E-state index contributed by atoms with van der Waals surface area (Å²) in [7, 11) is 1.90. The summed E-state index contributed by atoms with van der Waals surface area (Å²) in [5.74, 6) is 0.793. The quantitative estimate of drug-likeness (QED) is 0.584. The van der Waals surface area contributed by atoms with Crippen LogP contribution in [0, 0.1) is 11.8 Å². The van der Waals surface area contributed by atoms with Crippen LogP contribution >= 0.6 is 0 Å². The SMILES string of the molecule is CCNC(=O)N(CCCN(C)CC(C)=O)C(=O)C1CCCC[C@@H]2Cc3c[nH]c4cccc(c34)[C@H]2C1. The van der Waals surface area contributed by atoms with Crippen LogP contribution in [0.2, 0.25) is 0 Å². The number of amides is 3. The van der Waals surface area contributed by atoms with E-state index in [-0.39, 0.29) is 23.6 Å². The molecule has 2 N–H and O–H groups in total. The van der Waals surface area contributed by atoms with Crippen molar-refractivity contribution in [3.63, 3.8) is 0 Å². The average Bonchev–Trinajstić information content (AvgIpc) is 3.21. The standard InChI is InChI=1S/C28H40N4O3/c1-4-29-28(35)32(14-8-13-31(3)18-19(2)33)27(34)21-10-6-5-9-20-15-22-17-30-25-12-7-11-23(26(22)25)24(20)16-21/h7,11-12,17,20-21,24,30H,4-6,8-10,13-16,18H2,1-3H3,(H,29,35)/t20-,21?,24+/m1/s1. The molecule has 7 nitrogen and oxygen atoms in total. The van der Waals surface area contributed by atoms with Crippen LogP contribution in [0.15, 0.2) is 24.4 Å². The molecule has 1 saturated carbocycles. The van der Waals surface area contributed by atoms with Crippen molar-refractivity contribution < 1.29 is 14.4 Å². The van der Waals surface area contributed by atoms with E-state index in [1.807, 2.05) is 18.9 Å². The summed E-state index contributed by atoms with van der Waals surface area (Å²) in [6.07, 6.45) is 8.83. The van der Waals surface area contributed by atoms with Crippen molar-refractivity contribution in [2.45, 2.75) is 64.7 Å². The maximum atomic E-state index is 13.8. The Hall–Kier alpha value is -2.67. The number of nitrogens with zero attached hydrogens (tertiary/aromatic N) is 2. The number of carbonyl (C=O) groups is 3. The third-order valence-corrected chi connectivity index (χ3v) is 7.79. The number of ketones is 1. The number of likely N-dealkylation sites (N-methyl/N-ethyl adjacent to an activating group) is 1. The average molecular weight is 481 g/mol. The number of aromatic amines is 1. The number of aromatic nitrogens is 1. The lowest BCUT2D eigenvalue weighted by molar-refractivity contribution is -0.133. The zero-order chi connectivity index (χ0) is 24.9. The molecule has 0 bridgehead atoms. The Balaban J connectivity index is 1.52. The molecule has 4 rings (SSSR count). The molecule has 3 atom stereocenters. The van der Waals surface area contributed by atoms with Crippen molar-refractivity contribution >= 4 is 28.6 Å². The van der Waals surface area contributed by atoms with Gasteiger partial charge < -0.3 is 10.3 Å². The van der Waals surface area contributed by atoms with Gasteiger partial charge in [-0.2, -0.15) is 0 Å². The number of H-pyrrole nitrogens is 1. The predicted octanol–water partition coefficient (Wildman–Crippen LogP) is 4.47. The van der Waals surface area contributed by atoms with Gasteiger partial charge in [-0.3, -0.25) is 19.4 Å². The Morgan fingerprint density at radius 2 is 1.94 bits per heavy atom. The van der Waals surface area contributed by atoms with Crippen LogP contribution in [-0.4, -0.2) is 65.7 Å². The van der Waals surface area contributed by atoms with Gasteiger partial charge in [0.2, 0.25) is 5.91 Å². The predicted molar refractivity (Wildman–Crippen MR) is 138 cm³/mol. The number of urea groups is 1. The summed E-state index contributed by atoms with van der Waals surface area (Å²) in [5, 5.41) is 4.18. The third-order valence-electron chi connectivity index (χ3n) is 7.79. The number of hydrogen-bond donors (Lipinski definition) is 2. The lowest BCUT2D eigenvalue weighted by Gasteiger charge is -2.37. The van der Waals surface area contributed by atoms with E-state index in [4.69, 9.17) is 0 Å². The van der Waals surface area contributed by atoms with Gasteiger partial charge in [0.15, 0.2) is 0 Å². The minimum Gasteiger partial charge on any atom is -0.361 e. The van der Waals surface area contributed by atoms with Gasteiger partial charge in [-0.25, -0.2) is 4.79 Å². The topological polar surface area (TPSA) is 85.5 Å². The highest BCUT2D eigenvalue weighted by Crippen LogP contribution is 2.47. The van der Waals surface area contributed by atoms with Gasteiger partial charge in [0.25, 0.3) is 0 Å². The van der Waals surface area contributed by atoms with Crippen LogP contribution in [-0.2, 0) is 16.0 Å². The van der Waals surface area contributed by atoms with Crippen molar-refractivity contribution in [1.29, 1.82) is 0 Å². The fraction of sp³-hybridized carbons (Fsp3) is 0.607. The van der Waals surface area contributed by atoms with Gasteiger partial charge in [-0.05, 0) is 88.6 Å². The van der Waals surface area contributed by atoms with Gasteiger partial charge in [-0.15, -0.1) is 0 Å². The van der Waals surface area contributed by atoms with E-state index in [0.29, 0.717) is 44.4 Å². The summed E-state index contributed by atoms with van der Waals surface area (Å²) >= 11 is 0. The fourth-order valence-electron chi connectivity index (χ4n) is 6.24. The summed E-state index contributed by atoms with van der Waals surface area (Å²) in [4.78, 5) is 45.0. The minimum atomic E-state index is -0.302. The summed E-state index contributed by atoms with van der Waals surface area (Å²) < 4.78 is 0. The van der Waals surface area contributed by atoms with Crippen LogP contribution in [0.25, 0.3) is 10.9 Å². The van der Waals surface area contributed by atoms with E-state index in [0.717, 1.165) is 32.1 Å². The molecule has 0 spiro atoms. The van der Waals surface area contributed by atoms with Gasteiger partial charge in [0.1, 0.15) is 5.78 Å². The first-order valence-corrected chi connectivity index (χ1v) is 13.2. The highest BCUT2D eigenvalue weighted by atomic mass is 16.2. The Kier molecular flexibility index (Phi) is 8.26. The Morgan fingerprint density at radius 1 is 1.14 bits per heavy atom. The molecule has 1 unspecified atom stereocenters. The van der Waals surface area contributed by atoms with Crippen LogP contribution in [0.3, 0.4) is 0 Å². The number of imide groups is 1. The summed E-state index contributed by atoms with van der Waals surface area (Å²) in [6, 6.07) is 6.19. The number of benzene rings is 1. The molecule has 35 heavy (non-hydrogen) atoms. The summed E-state index contributed by atoms with van der Waals surface area (Å²) in [6.45, 7) is 5.35. The van der Waals surface area contributed by atoms with Crippen molar-refractivity contribution in [3.05, 3.63) is 35.5 Å². The smallest absolute Gasteiger partial charge is 0.324 e. The molecule has 3 amide bonds. The lowest BCUT2D eigenvalue weighted by Crippen LogP contribution is -2.48. The van der Waals surface area contributed by atoms with Crippen LogP contribution in [0.5, 0.6) is 0 Å².